The van der Waals surface area contributed by atoms with E-state index in [9.17, 15) is 19.2 Å². The van der Waals surface area contributed by atoms with Crippen LogP contribution in [0.15, 0.2) is 15.8 Å². The van der Waals surface area contributed by atoms with Gasteiger partial charge in [0.05, 0.1) is 0 Å². The number of rotatable bonds is 2. The highest BCUT2D eigenvalue weighted by molar-refractivity contribution is 6.39. The first-order chi connectivity index (χ1) is 11.0. The zero-order valence-corrected chi connectivity index (χ0v) is 14.2. The van der Waals surface area contributed by atoms with Crippen molar-refractivity contribution in [3.8, 4) is 0 Å². The fraction of sp³-hybridized carbons (Fsp3) is 0.600. The quantitative estimate of drug-likeness (QED) is 0.460. The number of hydrogen-bond acceptors (Lipinski definition) is 5. The molecular weight excluding hydrogens is 314 g/mol. The van der Waals surface area contributed by atoms with Crippen molar-refractivity contribution in [1.82, 2.24) is 20.6 Å². The van der Waals surface area contributed by atoms with Gasteiger partial charge >= 0.3 is 17.5 Å². The Morgan fingerprint density at radius 1 is 1.08 bits per heavy atom. The summed E-state index contributed by atoms with van der Waals surface area (Å²) in [5, 5.41) is 8.38. The third kappa shape index (κ3) is 4.54. The monoisotopic (exact) mass is 337 g/mol. The molecule has 5 N–H and O–H groups in total. The molecule has 0 unspecified atom stereocenters. The van der Waals surface area contributed by atoms with Crippen molar-refractivity contribution in [3.05, 3.63) is 27.0 Å². The van der Waals surface area contributed by atoms with Gasteiger partial charge < -0.3 is 20.9 Å². The molecule has 1 fully saturated rings. The van der Waals surface area contributed by atoms with Gasteiger partial charge in [-0.3, -0.25) is 19.4 Å². The zero-order chi connectivity index (χ0) is 18.1. The molecule has 9 heteroatoms. The second-order valence-electron chi connectivity index (χ2n) is 7.41. The minimum Gasteiger partial charge on any atom is -0.345 e. The molecule has 2 amide bonds. The van der Waals surface area contributed by atoms with Crippen LogP contribution in [0, 0.1) is 0 Å². The van der Waals surface area contributed by atoms with E-state index in [1.54, 1.807) is 0 Å². The van der Waals surface area contributed by atoms with Crippen LogP contribution in [0.3, 0.4) is 0 Å². The maximum Gasteiger partial charge on any atom is 0.325 e. The fourth-order valence-corrected chi connectivity index (χ4v) is 3.36. The van der Waals surface area contributed by atoms with Crippen LogP contribution in [0.25, 0.3) is 0 Å². The first-order valence-electron chi connectivity index (χ1n) is 7.71. The fourth-order valence-electron chi connectivity index (χ4n) is 3.36. The van der Waals surface area contributed by atoms with Crippen molar-refractivity contribution < 1.29 is 9.59 Å². The molecule has 1 aliphatic rings. The van der Waals surface area contributed by atoms with Crippen molar-refractivity contribution in [2.75, 3.05) is 5.32 Å². The molecule has 2 heterocycles. The Morgan fingerprint density at radius 2 is 1.67 bits per heavy atom. The van der Waals surface area contributed by atoms with Crippen molar-refractivity contribution in [1.29, 1.82) is 0 Å². The summed E-state index contributed by atoms with van der Waals surface area (Å²) in [6.07, 6.45) is 2.40. The lowest BCUT2D eigenvalue weighted by atomic mass is 9.79. The normalized spacial score (nSPS) is 19.5. The number of aromatic nitrogens is 2. The zero-order valence-electron chi connectivity index (χ0n) is 14.2. The summed E-state index contributed by atoms with van der Waals surface area (Å²) in [6.45, 7) is 8.14. The lowest BCUT2D eigenvalue weighted by Gasteiger charge is -2.46. The molecule has 1 saturated heterocycles. The Morgan fingerprint density at radius 3 is 2.21 bits per heavy atom. The summed E-state index contributed by atoms with van der Waals surface area (Å²) in [5.74, 6) is -1.78. The minimum absolute atomic E-state index is 0.164. The van der Waals surface area contributed by atoms with Crippen LogP contribution in [0.5, 0.6) is 0 Å². The van der Waals surface area contributed by atoms with Crippen LogP contribution in [-0.4, -0.2) is 38.9 Å². The summed E-state index contributed by atoms with van der Waals surface area (Å²) in [4.78, 5) is 50.7. The molecule has 0 aliphatic carbocycles. The van der Waals surface area contributed by atoms with Crippen LogP contribution < -0.4 is 27.2 Å². The summed E-state index contributed by atoms with van der Waals surface area (Å²) >= 11 is 0. The van der Waals surface area contributed by atoms with E-state index in [1.165, 1.54) is 0 Å². The van der Waals surface area contributed by atoms with Crippen LogP contribution in [-0.2, 0) is 9.59 Å². The Balaban J connectivity index is 2.02. The average Bonchev–Trinajstić information content (AvgIpc) is 2.38. The number of aromatic amines is 2. The van der Waals surface area contributed by atoms with E-state index in [2.05, 4.69) is 20.9 Å². The third-order valence-electron chi connectivity index (χ3n) is 3.80. The Bertz CT molecular complexity index is 746. The minimum atomic E-state index is -0.957. The second kappa shape index (κ2) is 6.23. The molecule has 0 atom stereocenters. The van der Waals surface area contributed by atoms with Gasteiger partial charge in [0.1, 0.15) is 5.69 Å². The number of carbonyl (C=O) groups excluding carboxylic acids is 2. The van der Waals surface area contributed by atoms with E-state index in [1.807, 2.05) is 32.7 Å². The van der Waals surface area contributed by atoms with Crippen molar-refractivity contribution >= 4 is 17.5 Å². The van der Waals surface area contributed by atoms with Gasteiger partial charge in [-0.1, -0.05) is 0 Å². The van der Waals surface area contributed by atoms with Gasteiger partial charge in [0.15, 0.2) is 0 Å². The molecule has 0 bridgehead atoms. The van der Waals surface area contributed by atoms with Crippen molar-refractivity contribution in [2.24, 2.45) is 0 Å². The molecular formula is C15H23N5O4. The summed E-state index contributed by atoms with van der Waals surface area (Å²) in [7, 11) is 0. The molecule has 0 radical (unpaired) electrons. The standard InChI is InChI=1S/C15H23N5O4/c1-14(2)5-8(6-15(3,4)20-14)17-11(22)12(23)18-9-7-16-13(24)19-10(9)21/h7-8,20H,5-6H2,1-4H3,(H,17,22)(H,18,23)(H2,16,19,21,24). The molecule has 2 rings (SSSR count). The number of piperidine rings is 1. The lowest BCUT2D eigenvalue weighted by molar-refractivity contribution is -0.137. The van der Waals surface area contributed by atoms with Gasteiger partial charge in [0, 0.05) is 23.3 Å². The largest absolute Gasteiger partial charge is 0.345 e. The van der Waals surface area contributed by atoms with Crippen LogP contribution in [0.4, 0.5) is 5.69 Å². The predicted octanol–water partition coefficient (Wildman–Crippen LogP) is -0.573. The van der Waals surface area contributed by atoms with Gasteiger partial charge in [0.2, 0.25) is 0 Å². The Labute approximate surface area is 138 Å². The highest BCUT2D eigenvalue weighted by atomic mass is 16.2. The molecule has 132 valence electrons. The van der Waals surface area contributed by atoms with E-state index in [0.717, 1.165) is 6.20 Å². The molecule has 0 saturated carbocycles. The lowest BCUT2D eigenvalue weighted by Crippen LogP contribution is -2.62. The third-order valence-corrected chi connectivity index (χ3v) is 3.80. The number of nitrogens with one attached hydrogen (secondary N) is 5. The molecule has 1 aromatic rings. The van der Waals surface area contributed by atoms with Gasteiger partial charge in [-0.25, -0.2) is 4.79 Å². The van der Waals surface area contributed by atoms with E-state index in [4.69, 9.17) is 0 Å². The summed E-state index contributed by atoms with van der Waals surface area (Å²) in [6, 6.07) is -0.164. The molecule has 0 spiro atoms. The molecule has 9 nitrogen and oxygen atoms in total. The highest BCUT2D eigenvalue weighted by Gasteiger charge is 2.38. The average molecular weight is 337 g/mol. The summed E-state index contributed by atoms with van der Waals surface area (Å²) in [5.41, 5.74) is -2.01. The smallest absolute Gasteiger partial charge is 0.325 e. The molecule has 0 aromatic carbocycles. The van der Waals surface area contributed by atoms with Gasteiger partial charge in [-0.2, -0.15) is 0 Å². The number of amides is 2. The van der Waals surface area contributed by atoms with Crippen LogP contribution in [0.2, 0.25) is 0 Å². The number of anilines is 1. The van der Waals surface area contributed by atoms with Gasteiger partial charge in [-0.05, 0) is 40.5 Å². The van der Waals surface area contributed by atoms with Gasteiger partial charge in [-0.15, -0.1) is 0 Å². The number of hydrogen-bond donors (Lipinski definition) is 5. The SMILES string of the molecule is CC1(C)CC(NC(=O)C(=O)Nc2c[nH]c(=O)[nH]c2=O)CC(C)(C)N1. The Hall–Kier alpha value is -2.42. The maximum atomic E-state index is 12.1. The number of H-pyrrole nitrogens is 2. The van der Waals surface area contributed by atoms with E-state index >= 15 is 0 Å². The first-order valence-corrected chi connectivity index (χ1v) is 7.71. The topological polar surface area (TPSA) is 136 Å². The van der Waals surface area contributed by atoms with Crippen LogP contribution in [0.1, 0.15) is 40.5 Å². The predicted molar refractivity (Wildman–Crippen MR) is 88.8 cm³/mol. The van der Waals surface area contributed by atoms with Gasteiger partial charge in [0.25, 0.3) is 5.56 Å². The maximum absolute atomic E-state index is 12.1. The molecule has 24 heavy (non-hydrogen) atoms. The Kier molecular flexibility index (Phi) is 4.66. The van der Waals surface area contributed by atoms with Crippen molar-refractivity contribution in [3.63, 3.8) is 0 Å². The van der Waals surface area contributed by atoms with E-state index < -0.39 is 23.1 Å². The van der Waals surface area contributed by atoms with Crippen molar-refractivity contribution in [2.45, 2.75) is 57.7 Å². The van der Waals surface area contributed by atoms with E-state index in [-0.39, 0.29) is 22.8 Å². The summed E-state index contributed by atoms with van der Waals surface area (Å²) < 4.78 is 0. The van der Waals surface area contributed by atoms with E-state index in [0.29, 0.717) is 12.8 Å². The van der Waals surface area contributed by atoms with Crippen LogP contribution >= 0.6 is 0 Å². The first kappa shape index (κ1) is 17.9. The highest BCUT2D eigenvalue weighted by Crippen LogP contribution is 2.28. The molecule has 1 aromatic heterocycles. The second-order valence-corrected chi connectivity index (χ2v) is 7.41. The number of carbonyl (C=O) groups is 2. The molecule has 1 aliphatic heterocycles.